The number of nitrogens with one attached hydrogen (secondary N) is 1. The minimum absolute atomic E-state index is 0.0468. The average molecular weight is 478 g/mol. The van der Waals surface area contributed by atoms with Gasteiger partial charge in [-0.25, -0.2) is 4.79 Å². The van der Waals surface area contributed by atoms with Crippen LogP contribution in [0.25, 0.3) is 0 Å². The number of rotatable bonds is 6. The van der Waals surface area contributed by atoms with E-state index < -0.39 is 5.97 Å². The largest absolute Gasteiger partial charge is 0.489 e. The number of aromatic carboxylic acids is 1. The summed E-state index contributed by atoms with van der Waals surface area (Å²) in [5.41, 5.74) is 1.77. The standard InChI is InChI=1S/C17H16Br2ClNO3/c1-9(2)24-16-10(5-11(18)6-14(16)19)8-21-12-3-4-13(17(22)23)15(20)7-12/h3-7,9,21H,8H2,1-2H3,(H,22,23). The Morgan fingerprint density at radius 3 is 2.58 bits per heavy atom. The molecule has 2 aromatic carbocycles. The van der Waals surface area contributed by atoms with E-state index in [0.717, 1.165) is 25.9 Å². The van der Waals surface area contributed by atoms with Gasteiger partial charge in [0.25, 0.3) is 0 Å². The zero-order valence-corrected chi connectivity index (χ0v) is 17.0. The van der Waals surface area contributed by atoms with Crippen LogP contribution < -0.4 is 10.1 Å². The van der Waals surface area contributed by atoms with Crippen molar-refractivity contribution in [3.63, 3.8) is 0 Å². The molecule has 0 bridgehead atoms. The van der Waals surface area contributed by atoms with E-state index in [1.54, 1.807) is 12.1 Å². The molecule has 0 saturated carbocycles. The van der Waals surface area contributed by atoms with Crippen LogP contribution >= 0.6 is 43.5 Å². The Hall–Kier alpha value is -1.24. The van der Waals surface area contributed by atoms with E-state index in [4.69, 9.17) is 21.4 Å². The highest BCUT2D eigenvalue weighted by atomic mass is 79.9. The van der Waals surface area contributed by atoms with Crippen LogP contribution in [0.2, 0.25) is 5.02 Å². The molecule has 0 atom stereocenters. The van der Waals surface area contributed by atoms with Gasteiger partial charge in [-0.15, -0.1) is 0 Å². The average Bonchev–Trinajstić information content (AvgIpc) is 2.47. The summed E-state index contributed by atoms with van der Waals surface area (Å²) in [5.74, 6) is -0.274. The summed E-state index contributed by atoms with van der Waals surface area (Å²) in [5, 5.41) is 12.4. The first-order chi connectivity index (χ1) is 11.3. The van der Waals surface area contributed by atoms with Crippen LogP contribution in [-0.4, -0.2) is 17.2 Å². The van der Waals surface area contributed by atoms with Crippen LogP contribution in [0.15, 0.2) is 39.3 Å². The lowest BCUT2D eigenvalue weighted by Crippen LogP contribution is -2.10. The molecule has 4 nitrogen and oxygen atoms in total. The topological polar surface area (TPSA) is 58.6 Å². The number of carboxylic acid groups (broad SMARTS) is 1. The molecule has 0 spiro atoms. The Bertz CT molecular complexity index is 766. The maximum atomic E-state index is 11.0. The van der Waals surface area contributed by atoms with Gasteiger partial charge in [-0.3, -0.25) is 0 Å². The van der Waals surface area contributed by atoms with Gasteiger partial charge >= 0.3 is 5.97 Å². The second kappa shape index (κ2) is 8.23. The molecule has 0 saturated heterocycles. The summed E-state index contributed by atoms with van der Waals surface area (Å²) in [6.45, 7) is 4.44. The zero-order valence-electron chi connectivity index (χ0n) is 13.1. The minimum Gasteiger partial charge on any atom is -0.489 e. The molecule has 0 heterocycles. The summed E-state index contributed by atoms with van der Waals surface area (Å²) in [4.78, 5) is 11.0. The van der Waals surface area contributed by atoms with Crippen molar-refractivity contribution in [2.24, 2.45) is 0 Å². The second-order valence-corrected chi connectivity index (χ2v) is 7.57. The van der Waals surface area contributed by atoms with E-state index >= 15 is 0 Å². The van der Waals surface area contributed by atoms with Gasteiger partial charge < -0.3 is 15.2 Å². The summed E-state index contributed by atoms with van der Waals surface area (Å²) >= 11 is 13.0. The van der Waals surface area contributed by atoms with Crippen molar-refractivity contribution in [2.75, 3.05) is 5.32 Å². The fourth-order valence-electron chi connectivity index (χ4n) is 2.11. The Morgan fingerprint density at radius 1 is 1.29 bits per heavy atom. The summed E-state index contributed by atoms with van der Waals surface area (Å²) < 4.78 is 7.68. The molecule has 0 unspecified atom stereocenters. The fourth-order valence-corrected chi connectivity index (χ4v) is 3.78. The maximum Gasteiger partial charge on any atom is 0.337 e. The van der Waals surface area contributed by atoms with Crippen LogP contribution in [0, 0.1) is 0 Å². The molecule has 0 aliphatic rings. The quantitative estimate of drug-likeness (QED) is 0.539. The van der Waals surface area contributed by atoms with Crippen LogP contribution in [-0.2, 0) is 6.54 Å². The molecule has 2 aromatic rings. The van der Waals surface area contributed by atoms with Gasteiger partial charge in [0, 0.05) is 22.3 Å². The number of ether oxygens (including phenoxy) is 1. The molecule has 2 N–H and O–H groups in total. The maximum absolute atomic E-state index is 11.0. The third kappa shape index (κ3) is 4.88. The highest BCUT2D eigenvalue weighted by Gasteiger charge is 2.13. The molecule has 7 heteroatoms. The van der Waals surface area contributed by atoms with E-state index in [1.807, 2.05) is 26.0 Å². The SMILES string of the molecule is CC(C)Oc1c(Br)cc(Br)cc1CNc1ccc(C(=O)O)c(Cl)c1. The molecular formula is C17H16Br2ClNO3. The van der Waals surface area contributed by atoms with Crippen molar-refractivity contribution >= 4 is 55.1 Å². The molecular weight excluding hydrogens is 461 g/mol. The van der Waals surface area contributed by atoms with Crippen LogP contribution in [0.5, 0.6) is 5.75 Å². The molecule has 0 aliphatic heterocycles. The lowest BCUT2D eigenvalue weighted by Gasteiger charge is -2.17. The zero-order chi connectivity index (χ0) is 17.9. The summed E-state index contributed by atoms with van der Waals surface area (Å²) in [7, 11) is 0. The van der Waals surface area contributed by atoms with Crippen LogP contribution in [0.4, 0.5) is 5.69 Å². The van der Waals surface area contributed by atoms with Crippen molar-refractivity contribution in [1.29, 1.82) is 0 Å². The molecule has 0 amide bonds. The summed E-state index contributed by atoms with van der Waals surface area (Å²) in [6.07, 6.45) is 0.0468. The first kappa shape index (κ1) is 19.1. The number of carbonyl (C=O) groups is 1. The van der Waals surface area contributed by atoms with Crippen molar-refractivity contribution in [3.05, 3.63) is 55.4 Å². The van der Waals surface area contributed by atoms with Crippen molar-refractivity contribution in [1.82, 2.24) is 0 Å². The predicted molar refractivity (Wildman–Crippen MR) is 103 cm³/mol. The fraction of sp³-hybridized carbons (Fsp3) is 0.235. The van der Waals surface area contributed by atoms with Crippen LogP contribution in [0.3, 0.4) is 0 Å². The van der Waals surface area contributed by atoms with Gasteiger partial charge in [0.2, 0.25) is 0 Å². The van der Waals surface area contributed by atoms with Gasteiger partial charge in [0.05, 0.1) is 21.2 Å². The molecule has 0 aromatic heterocycles. The monoisotopic (exact) mass is 475 g/mol. The molecule has 0 aliphatic carbocycles. The Labute approximate surface area is 162 Å². The third-order valence-corrected chi connectivity index (χ3v) is 4.48. The lowest BCUT2D eigenvalue weighted by molar-refractivity contribution is 0.0697. The van der Waals surface area contributed by atoms with Crippen molar-refractivity contribution in [2.45, 2.75) is 26.5 Å². The smallest absolute Gasteiger partial charge is 0.337 e. The molecule has 0 radical (unpaired) electrons. The van der Waals surface area contributed by atoms with Crippen LogP contribution in [0.1, 0.15) is 29.8 Å². The highest BCUT2D eigenvalue weighted by Crippen LogP contribution is 2.34. The number of halogens is 3. The van der Waals surface area contributed by atoms with Gasteiger partial charge in [-0.1, -0.05) is 27.5 Å². The van der Waals surface area contributed by atoms with Gasteiger partial charge in [-0.05, 0) is 60.1 Å². The number of anilines is 1. The number of benzene rings is 2. The second-order valence-electron chi connectivity index (χ2n) is 5.40. The molecule has 24 heavy (non-hydrogen) atoms. The highest BCUT2D eigenvalue weighted by molar-refractivity contribution is 9.11. The Kier molecular flexibility index (Phi) is 6.54. The third-order valence-electron chi connectivity index (χ3n) is 3.12. The van der Waals surface area contributed by atoms with Crippen molar-refractivity contribution in [3.8, 4) is 5.75 Å². The normalized spacial score (nSPS) is 10.8. The molecule has 0 fully saturated rings. The predicted octanol–water partition coefficient (Wildman–Crippen LogP) is 5.96. The van der Waals surface area contributed by atoms with E-state index in [-0.39, 0.29) is 16.7 Å². The van der Waals surface area contributed by atoms with Gasteiger partial charge in [0.1, 0.15) is 5.75 Å². The molecule has 128 valence electrons. The van der Waals surface area contributed by atoms with E-state index in [2.05, 4.69) is 37.2 Å². The van der Waals surface area contributed by atoms with E-state index in [1.165, 1.54) is 6.07 Å². The first-order valence-electron chi connectivity index (χ1n) is 7.19. The van der Waals surface area contributed by atoms with Crippen molar-refractivity contribution < 1.29 is 14.6 Å². The van der Waals surface area contributed by atoms with E-state index in [0.29, 0.717) is 6.54 Å². The number of carboxylic acids is 1. The van der Waals surface area contributed by atoms with Gasteiger partial charge in [-0.2, -0.15) is 0 Å². The first-order valence-corrected chi connectivity index (χ1v) is 9.15. The number of hydrogen-bond acceptors (Lipinski definition) is 3. The van der Waals surface area contributed by atoms with Gasteiger partial charge in [0.15, 0.2) is 0 Å². The number of hydrogen-bond donors (Lipinski definition) is 2. The van der Waals surface area contributed by atoms with E-state index in [9.17, 15) is 4.79 Å². The summed E-state index contributed by atoms with van der Waals surface area (Å²) in [6, 6.07) is 8.67. The Morgan fingerprint density at radius 2 is 2.00 bits per heavy atom. The minimum atomic E-state index is -1.05. The Balaban J connectivity index is 2.22. The lowest BCUT2D eigenvalue weighted by atomic mass is 10.1. The molecule has 2 rings (SSSR count).